The van der Waals surface area contributed by atoms with Gasteiger partial charge in [-0.05, 0) is 62.6 Å². The Morgan fingerprint density at radius 2 is 1.81 bits per heavy atom. The summed E-state index contributed by atoms with van der Waals surface area (Å²) in [5, 5.41) is 2.38. The van der Waals surface area contributed by atoms with Crippen molar-refractivity contribution in [1.29, 1.82) is 0 Å². The fourth-order valence-electron chi connectivity index (χ4n) is 3.76. The van der Waals surface area contributed by atoms with E-state index >= 15 is 0 Å². The number of pyridine rings is 1. The summed E-state index contributed by atoms with van der Waals surface area (Å²) in [5.74, 6) is -0.782. The molecule has 0 aliphatic rings. The summed E-state index contributed by atoms with van der Waals surface area (Å²) in [6.45, 7) is 4.88. The van der Waals surface area contributed by atoms with Crippen LogP contribution >= 0.6 is 0 Å². The van der Waals surface area contributed by atoms with Crippen LogP contribution in [0.5, 0.6) is 0 Å². The van der Waals surface area contributed by atoms with Gasteiger partial charge in [-0.15, -0.1) is 0 Å². The largest absolute Gasteiger partial charge is 0.437 e. The summed E-state index contributed by atoms with van der Waals surface area (Å²) < 4.78 is 70.4. The van der Waals surface area contributed by atoms with Gasteiger partial charge in [-0.2, -0.15) is 4.98 Å². The first kappa shape index (κ1) is 27.6. The summed E-state index contributed by atoms with van der Waals surface area (Å²) >= 11 is 0. The number of hydrogen-bond acceptors (Lipinski definition) is 7. The summed E-state index contributed by atoms with van der Waals surface area (Å²) in [6.07, 6.45) is 1.50. The maximum Gasteiger partial charge on any atom is 0.255 e. The lowest BCUT2D eigenvalue weighted by molar-refractivity contribution is 0.0964. The molecule has 0 unspecified atom stereocenters. The molecular formula is C24H30FN3O6S2. The van der Waals surface area contributed by atoms with E-state index in [4.69, 9.17) is 4.42 Å². The maximum absolute atomic E-state index is 13.5. The number of carbonyl (C=O) groups is 1. The van der Waals surface area contributed by atoms with Gasteiger partial charge in [0, 0.05) is 19.2 Å². The number of nitrogens with zero attached hydrogens (tertiary/aromatic N) is 2. The van der Waals surface area contributed by atoms with Gasteiger partial charge >= 0.3 is 0 Å². The molecule has 3 aromatic rings. The van der Waals surface area contributed by atoms with Crippen LogP contribution in [0.15, 0.2) is 34.7 Å². The van der Waals surface area contributed by atoms with Crippen LogP contribution in [0, 0.1) is 5.82 Å². The van der Waals surface area contributed by atoms with Crippen molar-refractivity contribution in [3.63, 3.8) is 0 Å². The molecule has 0 saturated carbocycles. The molecule has 2 aromatic heterocycles. The molecule has 3 rings (SSSR count). The standard InChI is InChI=1S/C24H30FN3O6S2/c1-6-16-14-19-20(23(29)26-4)21(17-8-10-18(25)11-9-17)34-24(19)27-22(16)28(35(5,30)31)12-7-13-36(32,33)15(2)3/h8-11,14-15H,6-7,12-13H2,1-5H3,(H,26,29). The van der Waals surface area contributed by atoms with E-state index in [2.05, 4.69) is 10.3 Å². The summed E-state index contributed by atoms with van der Waals surface area (Å²) in [7, 11) is -5.71. The normalized spacial score (nSPS) is 12.3. The Hall–Kier alpha value is -2.99. The Morgan fingerprint density at radius 3 is 2.33 bits per heavy atom. The molecule has 0 aliphatic heterocycles. The van der Waals surface area contributed by atoms with E-state index < -0.39 is 36.8 Å². The van der Waals surface area contributed by atoms with Gasteiger partial charge in [0.1, 0.15) is 17.4 Å². The summed E-state index contributed by atoms with van der Waals surface area (Å²) in [6, 6.07) is 7.08. The number of anilines is 1. The van der Waals surface area contributed by atoms with Crippen molar-refractivity contribution >= 4 is 42.7 Å². The van der Waals surface area contributed by atoms with Crippen molar-refractivity contribution in [2.75, 3.05) is 29.9 Å². The fourth-order valence-corrected chi connectivity index (χ4v) is 5.70. The number of furan rings is 1. The number of halogens is 1. The van der Waals surface area contributed by atoms with Crippen molar-refractivity contribution in [1.82, 2.24) is 10.3 Å². The highest BCUT2D eigenvalue weighted by molar-refractivity contribution is 7.92. The maximum atomic E-state index is 13.5. The lowest BCUT2D eigenvalue weighted by Gasteiger charge is -2.23. The van der Waals surface area contributed by atoms with E-state index in [1.807, 2.05) is 6.92 Å². The highest BCUT2D eigenvalue weighted by atomic mass is 32.2. The van der Waals surface area contributed by atoms with Crippen molar-refractivity contribution in [2.24, 2.45) is 0 Å². The molecule has 36 heavy (non-hydrogen) atoms. The van der Waals surface area contributed by atoms with Gasteiger partial charge in [0.05, 0.1) is 28.2 Å². The predicted molar refractivity (Wildman–Crippen MR) is 138 cm³/mol. The summed E-state index contributed by atoms with van der Waals surface area (Å²) in [5.41, 5.74) is 1.22. The van der Waals surface area contributed by atoms with Gasteiger partial charge in [0.2, 0.25) is 15.7 Å². The Bertz CT molecular complexity index is 1480. The first-order valence-corrected chi connectivity index (χ1v) is 15.0. The number of hydrogen-bond donors (Lipinski definition) is 1. The van der Waals surface area contributed by atoms with Crippen LogP contribution in [0.4, 0.5) is 10.2 Å². The lowest BCUT2D eigenvalue weighted by Crippen LogP contribution is -2.34. The van der Waals surface area contributed by atoms with Crippen molar-refractivity contribution < 1.29 is 30.4 Å². The molecule has 0 spiro atoms. The second-order valence-electron chi connectivity index (χ2n) is 8.67. The van der Waals surface area contributed by atoms with E-state index in [1.165, 1.54) is 31.3 Å². The molecule has 2 heterocycles. The van der Waals surface area contributed by atoms with Crippen LogP contribution in [-0.4, -0.2) is 58.6 Å². The molecule has 9 nitrogen and oxygen atoms in total. The average Bonchev–Trinajstić information content (AvgIpc) is 3.18. The minimum absolute atomic E-state index is 0.0311. The molecule has 0 fully saturated rings. The Kier molecular flexibility index (Phi) is 8.09. The smallest absolute Gasteiger partial charge is 0.255 e. The zero-order valence-electron chi connectivity index (χ0n) is 20.8. The monoisotopic (exact) mass is 539 g/mol. The highest BCUT2D eigenvalue weighted by Crippen LogP contribution is 2.36. The molecule has 0 aliphatic carbocycles. The quantitative estimate of drug-likeness (QED) is 0.418. The minimum atomic E-state index is -3.83. The molecule has 1 aromatic carbocycles. The SMILES string of the molecule is CCc1cc2c(C(=O)NC)c(-c3ccc(F)cc3)oc2nc1N(CCCS(=O)(=O)C(C)C)S(C)(=O)=O. The molecule has 0 radical (unpaired) electrons. The van der Waals surface area contributed by atoms with E-state index in [9.17, 15) is 26.0 Å². The predicted octanol–water partition coefficient (Wildman–Crippen LogP) is 3.54. The first-order chi connectivity index (χ1) is 16.8. The van der Waals surface area contributed by atoms with Gasteiger partial charge in [0.25, 0.3) is 5.91 Å². The fraction of sp³-hybridized carbons (Fsp3) is 0.417. The van der Waals surface area contributed by atoms with Crippen LogP contribution in [0.3, 0.4) is 0 Å². The lowest BCUT2D eigenvalue weighted by atomic mass is 10.0. The van der Waals surface area contributed by atoms with Crippen molar-refractivity contribution in [3.8, 4) is 11.3 Å². The Morgan fingerprint density at radius 1 is 1.17 bits per heavy atom. The van der Waals surface area contributed by atoms with Gasteiger partial charge < -0.3 is 9.73 Å². The van der Waals surface area contributed by atoms with Crippen LogP contribution < -0.4 is 9.62 Å². The number of carbonyl (C=O) groups excluding carboxylic acids is 1. The van der Waals surface area contributed by atoms with Crippen LogP contribution in [0.2, 0.25) is 0 Å². The number of fused-ring (bicyclic) bond motifs is 1. The number of sulfone groups is 1. The van der Waals surface area contributed by atoms with E-state index in [-0.39, 0.29) is 41.6 Å². The zero-order valence-corrected chi connectivity index (χ0v) is 22.5. The van der Waals surface area contributed by atoms with E-state index in [1.54, 1.807) is 19.9 Å². The third-order valence-corrected chi connectivity index (χ3v) is 9.28. The Balaban J connectivity index is 2.17. The molecule has 0 bridgehead atoms. The highest BCUT2D eigenvalue weighted by Gasteiger charge is 2.28. The molecule has 12 heteroatoms. The first-order valence-electron chi connectivity index (χ1n) is 11.4. The van der Waals surface area contributed by atoms with Gasteiger partial charge in [0.15, 0.2) is 9.84 Å². The van der Waals surface area contributed by atoms with Gasteiger partial charge in [-0.25, -0.2) is 21.2 Å². The molecule has 196 valence electrons. The molecule has 1 N–H and O–H groups in total. The number of benzene rings is 1. The van der Waals surface area contributed by atoms with Gasteiger partial charge in [-0.3, -0.25) is 9.10 Å². The average molecular weight is 540 g/mol. The van der Waals surface area contributed by atoms with Crippen LogP contribution in [0.25, 0.3) is 22.4 Å². The molecule has 0 saturated heterocycles. The zero-order chi connectivity index (χ0) is 26.8. The topological polar surface area (TPSA) is 127 Å². The Labute approximate surface area is 210 Å². The number of aryl methyl sites for hydroxylation is 1. The second kappa shape index (κ2) is 10.6. The van der Waals surface area contributed by atoms with Crippen molar-refractivity contribution in [2.45, 2.75) is 38.9 Å². The third-order valence-electron chi connectivity index (χ3n) is 5.83. The third kappa shape index (κ3) is 5.70. The number of aromatic nitrogens is 1. The van der Waals surface area contributed by atoms with E-state index in [0.29, 0.717) is 22.9 Å². The molecular weight excluding hydrogens is 509 g/mol. The second-order valence-corrected chi connectivity index (χ2v) is 13.3. The van der Waals surface area contributed by atoms with Crippen LogP contribution in [-0.2, 0) is 26.3 Å². The number of rotatable bonds is 10. The van der Waals surface area contributed by atoms with E-state index in [0.717, 1.165) is 10.6 Å². The van der Waals surface area contributed by atoms with Gasteiger partial charge in [-0.1, -0.05) is 6.92 Å². The number of nitrogens with one attached hydrogen (secondary N) is 1. The van der Waals surface area contributed by atoms with Crippen molar-refractivity contribution in [3.05, 3.63) is 47.3 Å². The summed E-state index contributed by atoms with van der Waals surface area (Å²) in [4.78, 5) is 17.3. The van der Waals surface area contributed by atoms with Crippen LogP contribution in [0.1, 0.15) is 43.1 Å². The number of sulfonamides is 1. The molecule has 1 amide bonds. The minimum Gasteiger partial charge on any atom is -0.437 e. The number of amides is 1. The molecule has 0 atom stereocenters.